The molecule has 0 bridgehead atoms. The van der Waals surface area contributed by atoms with Gasteiger partial charge in [-0.15, -0.1) is 0 Å². The van der Waals surface area contributed by atoms with Gasteiger partial charge in [0.2, 0.25) is 0 Å². The Bertz CT molecular complexity index is 1550. The van der Waals surface area contributed by atoms with Crippen molar-refractivity contribution in [3.05, 3.63) is 0 Å². The first-order chi connectivity index (χ1) is 36.8. The molecule has 456 valence electrons. The number of hydrogen-bond donors (Lipinski definition) is 3. The van der Waals surface area contributed by atoms with Crippen molar-refractivity contribution < 1.29 is 80.2 Å². The van der Waals surface area contributed by atoms with Crippen LogP contribution in [0, 0.1) is 17.8 Å². The maximum atomic E-state index is 12.9. The Hall–Kier alpha value is -1.94. The summed E-state index contributed by atoms with van der Waals surface area (Å²) < 4.78 is 67.5. The Morgan fingerprint density at radius 1 is 0.377 bits per heavy atom. The fourth-order valence-electron chi connectivity index (χ4n) is 8.39. The molecule has 0 radical (unpaired) electrons. The summed E-state index contributed by atoms with van der Waals surface area (Å²) in [7, 11) is -9.87. The van der Waals surface area contributed by atoms with E-state index in [1.165, 1.54) is 70.6 Å². The minimum Gasteiger partial charge on any atom is -0.462 e. The molecular formula is C58H112O17P2. The lowest BCUT2D eigenvalue weighted by Gasteiger charge is -2.21. The molecule has 17 nitrogen and oxygen atoms in total. The summed E-state index contributed by atoms with van der Waals surface area (Å²) in [6, 6.07) is 0. The second-order valence-corrected chi connectivity index (χ2v) is 25.1. The van der Waals surface area contributed by atoms with Gasteiger partial charge in [0.05, 0.1) is 26.4 Å². The van der Waals surface area contributed by atoms with Crippen molar-refractivity contribution in [2.24, 2.45) is 17.8 Å². The van der Waals surface area contributed by atoms with Crippen LogP contribution in [0.25, 0.3) is 0 Å². The number of phosphoric acid groups is 2. The second kappa shape index (κ2) is 49.8. The van der Waals surface area contributed by atoms with Crippen molar-refractivity contribution in [1.82, 2.24) is 0 Å². The van der Waals surface area contributed by atoms with E-state index >= 15 is 0 Å². The van der Waals surface area contributed by atoms with Crippen LogP contribution in [-0.2, 0) is 65.4 Å². The number of unbranched alkanes of at least 4 members (excludes halogenated alkanes) is 23. The van der Waals surface area contributed by atoms with Crippen LogP contribution in [0.1, 0.15) is 273 Å². The molecule has 0 fully saturated rings. The number of phosphoric ester groups is 2. The molecule has 0 aliphatic carbocycles. The quantitative estimate of drug-likeness (QED) is 0.0222. The lowest BCUT2D eigenvalue weighted by Crippen LogP contribution is -2.30. The Labute approximate surface area is 467 Å². The Balaban J connectivity index is 5.20. The van der Waals surface area contributed by atoms with Gasteiger partial charge in [0.15, 0.2) is 12.2 Å². The van der Waals surface area contributed by atoms with E-state index in [9.17, 15) is 43.2 Å². The Morgan fingerprint density at radius 3 is 0.987 bits per heavy atom. The number of carbonyl (C=O) groups excluding carboxylic acids is 4. The first-order valence-corrected chi connectivity index (χ1v) is 33.4. The molecule has 0 aliphatic rings. The zero-order valence-corrected chi connectivity index (χ0v) is 51.2. The molecule has 0 aliphatic heterocycles. The largest absolute Gasteiger partial charge is 0.472 e. The lowest BCUT2D eigenvalue weighted by molar-refractivity contribution is -0.161. The van der Waals surface area contributed by atoms with Crippen molar-refractivity contribution in [3.8, 4) is 0 Å². The van der Waals surface area contributed by atoms with E-state index in [1.54, 1.807) is 0 Å². The smallest absolute Gasteiger partial charge is 0.462 e. The van der Waals surface area contributed by atoms with E-state index in [-0.39, 0.29) is 25.7 Å². The maximum absolute atomic E-state index is 12.9. The van der Waals surface area contributed by atoms with E-state index in [2.05, 4.69) is 48.5 Å². The zero-order valence-electron chi connectivity index (χ0n) is 49.4. The van der Waals surface area contributed by atoms with Crippen LogP contribution in [0.2, 0.25) is 0 Å². The van der Waals surface area contributed by atoms with Crippen LogP contribution in [-0.4, -0.2) is 96.7 Å². The Morgan fingerprint density at radius 2 is 0.662 bits per heavy atom. The minimum absolute atomic E-state index is 0.101. The van der Waals surface area contributed by atoms with Crippen LogP contribution < -0.4 is 0 Å². The summed E-state index contributed by atoms with van der Waals surface area (Å²) in [6.07, 6.45) is 28.5. The maximum Gasteiger partial charge on any atom is 0.472 e. The molecule has 0 aromatic carbocycles. The Kier molecular flexibility index (Phi) is 48.6. The molecule has 0 heterocycles. The summed E-state index contributed by atoms with van der Waals surface area (Å²) in [5, 5.41) is 10.5. The second-order valence-electron chi connectivity index (χ2n) is 22.2. The van der Waals surface area contributed by atoms with Crippen molar-refractivity contribution in [3.63, 3.8) is 0 Å². The van der Waals surface area contributed by atoms with E-state index in [1.807, 2.05) is 0 Å². The monoisotopic (exact) mass is 1140 g/mol. The highest BCUT2D eigenvalue weighted by Crippen LogP contribution is 2.45. The number of hydrogen-bond acceptors (Lipinski definition) is 15. The minimum atomic E-state index is -4.94. The van der Waals surface area contributed by atoms with Gasteiger partial charge in [-0.3, -0.25) is 37.3 Å². The third-order valence-electron chi connectivity index (χ3n) is 13.5. The molecule has 0 saturated heterocycles. The van der Waals surface area contributed by atoms with Gasteiger partial charge in [0.1, 0.15) is 19.3 Å². The summed E-state index contributed by atoms with van der Waals surface area (Å²) in [5.74, 6) is 0.00355. The average molecular weight is 1140 g/mol. The summed E-state index contributed by atoms with van der Waals surface area (Å²) >= 11 is 0. The van der Waals surface area contributed by atoms with E-state index in [4.69, 9.17) is 37.0 Å². The molecule has 0 saturated carbocycles. The zero-order chi connectivity index (χ0) is 57.4. The standard InChI is InChI=1S/C58H112O17P2/c1-8-10-11-22-32-39-55(60)68-45-53(75-58(63)42-35-28-21-20-25-31-38-51(7)9-2)47-72-76(64,65)70-43-52(59)44-71-77(66,67)73-48-54(46-69-56(61)40-33-26-19-15-17-24-30-37-50(5)6)74-57(62)41-34-27-18-14-12-13-16-23-29-36-49(3)4/h49-54,59H,8-48H2,1-7H3,(H,64,65)(H,66,67)/t51?,52-,53+,54+/m0/s1. The van der Waals surface area contributed by atoms with Crippen LogP contribution in [0.5, 0.6) is 0 Å². The van der Waals surface area contributed by atoms with Gasteiger partial charge in [-0.25, -0.2) is 9.13 Å². The molecule has 0 rings (SSSR count). The van der Waals surface area contributed by atoms with Gasteiger partial charge in [-0.2, -0.15) is 0 Å². The van der Waals surface area contributed by atoms with Crippen molar-refractivity contribution in [2.45, 2.75) is 292 Å². The fraction of sp³-hybridized carbons (Fsp3) is 0.931. The summed E-state index contributed by atoms with van der Waals surface area (Å²) in [6.45, 7) is 11.5. The van der Waals surface area contributed by atoms with Crippen LogP contribution in [0.4, 0.5) is 0 Å². The first kappa shape index (κ1) is 75.1. The molecule has 3 unspecified atom stereocenters. The van der Waals surface area contributed by atoms with Crippen molar-refractivity contribution in [2.75, 3.05) is 39.6 Å². The molecule has 77 heavy (non-hydrogen) atoms. The first-order valence-electron chi connectivity index (χ1n) is 30.4. The van der Waals surface area contributed by atoms with E-state index in [0.717, 1.165) is 115 Å². The number of aliphatic hydroxyl groups is 1. The number of carbonyl (C=O) groups is 4. The van der Waals surface area contributed by atoms with Gasteiger partial charge in [0.25, 0.3) is 0 Å². The molecular weight excluding hydrogens is 1030 g/mol. The molecule has 3 N–H and O–H groups in total. The lowest BCUT2D eigenvalue weighted by atomic mass is 10.00. The van der Waals surface area contributed by atoms with Gasteiger partial charge >= 0.3 is 39.5 Å². The summed E-state index contributed by atoms with van der Waals surface area (Å²) in [5.41, 5.74) is 0. The van der Waals surface area contributed by atoms with E-state index in [0.29, 0.717) is 31.6 Å². The molecule has 0 aromatic rings. The topological polar surface area (TPSA) is 237 Å². The molecule has 0 aromatic heterocycles. The number of aliphatic hydroxyl groups excluding tert-OH is 1. The van der Waals surface area contributed by atoms with Gasteiger partial charge in [-0.05, 0) is 43.4 Å². The normalized spacial score (nSPS) is 14.9. The molecule has 6 atom stereocenters. The number of esters is 4. The van der Waals surface area contributed by atoms with Crippen LogP contribution in [0.15, 0.2) is 0 Å². The highest BCUT2D eigenvalue weighted by Gasteiger charge is 2.30. The SMILES string of the molecule is CCCCCCCC(=O)OC[C@H](COP(=O)(O)OC[C@H](O)COP(=O)(O)OC[C@@H](COC(=O)CCCCCCCCCC(C)C)OC(=O)CCCCCCCCCCCC(C)C)OC(=O)CCCCCCCCC(C)CC. The van der Waals surface area contributed by atoms with Gasteiger partial charge in [0, 0.05) is 25.7 Å². The number of ether oxygens (including phenoxy) is 4. The molecule has 0 amide bonds. The summed E-state index contributed by atoms with van der Waals surface area (Å²) in [4.78, 5) is 71.7. The average Bonchev–Trinajstić information content (AvgIpc) is 3.38. The van der Waals surface area contributed by atoms with Crippen LogP contribution >= 0.6 is 15.6 Å². The molecule has 19 heteroatoms. The fourth-order valence-corrected chi connectivity index (χ4v) is 9.97. The highest BCUT2D eigenvalue weighted by atomic mass is 31.2. The predicted molar refractivity (Wildman–Crippen MR) is 303 cm³/mol. The van der Waals surface area contributed by atoms with Crippen molar-refractivity contribution in [1.29, 1.82) is 0 Å². The predicted octanol–water partition coefficient (Wildman–Crippen LogP) is 15.2. The third-order valence-corrected chi connectivity index (χ3v) is 15.4. The van der Waals surface area contributed by atoms with Gasteiger partial charge < -0.3 is 33.8 Å². The van der Waals surface area contributed by atoms with Gasteiger partial charge in [-0.1, -0.05) is 222 Å². The number of rotatable bonds is 56. The third kappa shape index (κ3) is 51.9. The van der Waals surface area contributed by atoms with Crippen molar-refractivity contribution >= 4 is 39.5 Å². The van der Waals surface area contributed by atoms with Crippen LogP contribution in [0.3, 0.4) is 0 Å². The molecule has 0 spiro atoms. The highest BCUT2D eigenvalue weighted by molar-refractivity contribution is 7.47. The van der Waals surface area contributed by atoms with E-state index < -0.39 is 97.5 Å².